The predicted octanol–water partition coefficient (Wildman–Crippen LogP) is -0.0422. The molecule has 9 heavy (non-hydrogen) atoms. The van der Waals surface area contributed by atoms with E-state index in [0.29, 0.717) is 11.4 Å². The zero-order chi connectivity index (χ0) is 6.85. The molecule has 0 aliphatic carbocycles. The normalized spacial score (nSPS) is 25.8. The van der Waals surface area contributed by atoms with Gasteiger partial charge in [0.25, 0.3) is 0 Å². The van der Waals surface area contributed by atoms with Crippen molar-refractivity contribution >= 4 is 11.4 Å². The van der Waals surface area contributed by atoms with Crippen LogP contribution in [0.15, 0.2) is 5.10 Å². The predicted molar refractivity (Wildman–Crippen MR) is 34.8 cm³/mol. The fourth-order valence-corrected chi connectivity index (χ4v) is 0.641. The van der Waals surface area contributed by atoms with Crippen molar-refractivity contribution in [3.8, 4) is 0 Å². The first-order valence-corrected chi connectivity index (χ1v) is 2.67. The summed E-state index contributed by atoms with van der Waals surface area (Å²) in [6.07, 6.45) is -0.329. The second-order valence-electron chi connectivity index (χ2n) is 1.86. The Morgan fingerprint density at radius 1 is 1.78 bits per heavy atom. The van der Waals surface area contributed by atoms with E-state index in [1.165, 1.54) is 0 Å². The summed E-state index contributed by atoms with van der Waals surface area (Å²) < 4.78 is 4.84. The molecule has 4 nitrogen and oxygen atoms in total. The molecule has 0 aromatic heterocycles. The third-order valence-electron chi connectivity index (χ3n) is 1.24. The molecular formula is C5H9N3O. The highest BCUT2D eigenvalue weighted by Crippen LogP contribution is 1.97. The Labute approximate surface area is 53.4 Å². The Hall–Kier alpha value is -0.900. The minimum Gasteiger partial charge on any atom is -0.354 e. The number of ether oxygens (including phenoxy) is 1. The van der Waals surface area contributed by atoms with Gasteiger partial charge in [0.2, 0.25) is 0 Å². The maximum Gasteiger partial charge on any atom is 0.186 e. The summed E-state index contributed by atoms with van der Waals surface area (Å²) in [5.41, 5.74) is 3.76. The molecule has 1 heterocycles. The van der Waals surface area contributed by atoms with Gasteiger partial charge in [-0.05, 0) is 6.92 Å². The third-order valence-corrected chi connectivity index (χ3v) is 1.24. The van der Waals surface area contributed by atoms with E-state index in [9.17, 15) is 0 Å². The van der Waals surface area contributed by atoms with Crippen molar-refractivity contribution in [3.05, 3.63) is 0 Å². The van der Waals surface area contributed by atoms with Crippen molar-refractivity contribution in [2.45, 2.75) is 13.2 Å². The average Bonchev–Trinajstić information content (AvgIpc) is 2.15. The summed E-state index contributed by atoms with van der Waals surface area (Å²) >= 11 is 0. The molecular weight excluding hydrogens is 118 g/mol. The Morgan fingerprint density at radius 2 is 2.44 bits per heavy atom. The molecule has 4 heteroatoms. The maximum atomic E-state index is 7.29. The minimum absolute atomic E-state index is 0.329. The molecule has 0 fully saturated rings. The topological polar surface area (TPSA) is 57.5 Å². The van der Waals surface area contributed by atoms with Crippen LogP contribution in [0.5, 0.6) is 0 Å². The molecule has 0 saturated carbocycles. The van der Waals surface area contributed by atoms with Gasteiger partial charge in [-0.25, -0.2) is 0 Å². The van der Waals surface area contributed by atoms with E-state index in [-0.39, 0.29) is 6.23 Å². The molecule has 50 valence electrons. The number of methoxy groups -OCH3 is 1. The van der Waals surface area contributed by atoms with E-state index in [1.54, 1.807) is 14.0 Å². The lowest BCUT2D eigenvalue weighted by molar-refractivity contribution is 0.134. The average molecular weight is 127 g/mol. The van der Waals surface area contributed by atoms with Gasteiger partial charge in [0, 0.05) is 7.11 Å². The van der Waals surface area contributed by atoms with Crippen molar-refractivity contribution in [3.63, 3.8) is 0 Å². The summed E-state index contributed by atoms with van der Waals surface area (Å²) in [5, 5.41) is 11.1. The summed E-state index contributed by atoms with van der Waals surface area (Å²) in [7, 11) is 1.54. The summed E-state index contributed by atoms with van der Waals surface area (Å²) in [6, 6.07) is 0. The SMILES string of the molecule is COC1NN=C(C)C1=N. The van der Waals surface area contributed by atoms with Gasteiger partial charge in [0.15, 0.2) is 6.23 Å². The lowest BCUT2D eigenvalue weighted by Gasteiger charge is -2.05. The van der Waals surface area contributed by atoms with Crippen LogP contribution in [-0.2, 0) is 4.74 Å². The maximum absolute atomic E-state index is 7.29. The lowest BCUT2D eigenvalue weighted by atomic mass is 10.2. The van der Waals surface area contributed by atoms with Crippen molar-refractivity contribution in [2.75, 3.05) is 7.11 Å². The first-order chi connectivity index (χ1) is 4.25. The standard InChI is InChI=1S/C5H9N3O/c1-3-4(6)5(9-2)8-7-3/h5-6,8H,1-2H3. The van der Waals surface area contributed by atoms with E-state index < -0.39 is 0 Å². The molecule has 0 spiro atoms. The number of nitrogens with zero attached hydrogens (tertiary/aromatic N) is 1. The molecule has 1 aliphatic heterocycles. The number of hydrogen-bond acceptors (Lipinski definition) is 4. The third kappa shape index (κ3) is 0.929. The van der Waals surface area contributed by atoms with Crippen molar-refractivity contribution in [2.24, 2.45) is 5.10 Å². The van der Waals surface area contributed by atoms with E-state index in [0.717, 1.165) is 0 Å². The second kappa shape index (κ2) is 2.14. The zero-order valence-corrected chi connectivity index (χ0v) is 5.43. The summed E-state index contributed by atoms with van der Waals surface area (Å²) in [5.74, 6) is 0. The van der Waals surface area contributed by atoms with Crippen molar-refractivity contribution < 1.29 is 4.74 Å². The van der Waals surface area contributed by atoms with E-state index in [4.69, 9.17) is 10.1 Å². The molecule has 0 saturated heterocycles. The zero-order valence-electron chi connectivity index (χ0n) is 5.43. The van der Waals surface area contributed by atoms with E-state index in [2.05, 4.69) is 10.5 Å². The molecule has 0 aromatic rings. The van der Waals surface area contributed by atoms with Gasteiger partial charge in [-0.1, -0.05) is 0 Å². The van der Waals surface area contributed by atoms with Crippen molar-refractivity contribution in [1.29, 1.82) is 5.41 Å². The number of rotatable bonds is 1. The Bertz CT molecular complexity index is 164. The molecule has 0 amide bonds. The number of nitrogens with one attached hydrogen (secondary N) is 2. The van der Waals surface area contributed by atoms with Crippen LogP contribution >= 0.6 is 0 Å². The van der Waals surface area contributed by atoms with Gasteiger partial charge in [-0.3, -0.25) is 10.8 Å². The molecule has 1 atom stereocenters. The van der Waals surface area contributed by atoms with Crippen LogP contribution in [0.1, 0.15) is 6.92 Å². The molecule has 0 aromatic carbocycles. The first-order valence-electron chi connectivity index (χ1n) is 2.67. The highest BCUT2D eigenvalue weighted by Gasteiger charge is 2.20. The van der Waals surface area contributed by atoms with Crippen LogP contribution in [-0.4, -0.2) is 24.8 Å². The van der Waals surface area contributed by atoms with Crippen LogP contribution in [0, 0.1) is 5.41 Å². The smallest absolute Gasteiger partial charge is 0.186 e. The van der Waals surface area contributed by atoms with Gasteiger partial charge in [-0.2, -0.15) is 5.10 Å². The Morgan fingerprint density at radius 3 is 2.67 bits per heavy atom. The van der Waals surface area contributed by atoms with Crippen molar-refractivity contribution in [1.82, 2.24) is 5.43 Å². The second-order valence-corrected chi connectivity index (χ2v) is 1.86. The fraction of sp³-hybridized carbons (Fsp3) is 0.600. The highest BCUT2D eigenvalue weighted by atomic mass is 16.5. The largest absolute Gasteiger partial charge is 0.354 e. The highest BCUT2D eigenvalue weighted by molar-refractivity contribution is 6.42. The van der Waals surface area contributed by atoms with Crippen LogP contribution in [0.4, 0.5) is 0 Å². The first kappa shape index (κ1) is 6.22. The number of hydrogen-bond donors (Lipinski definition) is 2. The van der Waals surface area contributed by atoms with Crippen LogP contribution in [0.3, 0.4) is 0 Å². The lowest BCUT2D eigenvalue weighted by Crippen LogP contribution is -2.30. The summed E-state index contributed by atoms with van der Waals surface area (Å²) in [4.78, 5) is 0. The summed E-state index contributed by atoms with van der Waals surface area (Å²) in [6.45, 7) is 1.77. The van der Waals surface area contributed by atoms with Crippen LogP contribution in [0.2, 0.25) is 0 Å². The Kier molecular flexibility index (Phi) is 1.48. The van der Waals surface area contributed by atoms with Crippen LogP contribution in [0.25, 0.3) is 0 Å². The quantitative estimate of drug-likeness (QED) is 0.519. The van der Waals surface area contributed by atoms with Crippen LogP contribution < -0.4 is 5.43 Å². The molecule has 0 radical (unpaired) electrons. The molecule has 1 rings (SSSR count). The van der Waals surface area contributed by atoms with Gasteiger partial charge in [-0.15, -0.1) is 0 Å². The monoisotopic (exact) mass is 127 g/mol. The molecule has 2 N–H and O–H groups in total. The molecule has 1 aliphatic rings. The molecule has 0 bridgehead atoms. The minimum atomic E-state index is -0.329. The van der Waals surface area contributed by atoms with Gasteiger partial charge < -0.3 is 4.74 Å². The van der Waals surface area contributed by atoms with E-state index >= 15 is 0 Å². The van der Waals surface area contributed by atoms with Gasteiger partial charge >= 0.3 is 0 Å². The fourth-order valence-electron chi connectivity index (χ4n) is 0.641. The molecule has 1 unspecified atom stereocenters. The van der Waals surface area contributed by atoms with E-state index in [1.807, 2.05) is 0 Å². The Balaban J connectivity index is 2.62. The van der Waals surface area contributed by atoms with Gasteiger partial charge in [0.05, 0.1) is 5.71 Å². The number of hydrazone groups is 1. The van der Waals surface area contributed by atoms with Gasteiger partial charge in [0.1, 0.15) is 5.71 Å².